The number of rotatable bonds is 3. The third-order valence-corrected chi connectivity index (χ3v) is 5.61. The van der Waals surface area contributed by atoms with E-state index in [0.717, 1.165) is 40.0 Å². The molecule has 0 N–H and O–H groups in total. The van der Waals surface area contributed by atoms with E-state index in [0.29, 0.717) is 12.3 Å². The highest BCUT2D eigenvalue weighted by Gasteiger charge is 2.27. The van der Waals surface area contributed by atoms with Crippen molar-refractivity contribution in [2.45, 2.75) is 46.6 Å². The molecule has 3 nitrogen and oxygen atoms in total. The molecule has 0 fully saturated rings. The Bertz CT molecular complexity index is 1090. The highest BCUT2D eigenvalue weighted by atomic mass is 16.5. The summed E-state index contributed by atoms with van der Waals surface area (Å²) in [5.74, 6) is 1.30. The summed E-state index contributed by atoms with van der Waals surface area (Å²) in [4.78, 5) is 13.3. The van der Waals surface area contributed by atoms with Gasteiger partial charge in [-0.3, -0.25) is 4.79 Å². The molecule has 0 spiro atoms. The number of hydrogen-bond acceptors (Lipinski definition) is 2. The van der Waals surface area contributed by atoms with Gasteiger partial charge in [0, 0.05) is 29.5 Å². The molecule has 1 aliphatic carbocycles. The second-order valence-electron chi connectivity index (χ2n) is 7.49. The van der Waals surface area contributed by atoms with Gasteiger partial charge in [0.1, 0.15) is 5.75 Å². The molecule has 1 aliphatic rings. The molecule has 4 rings (SSSR count). The van der Waals surface area contributed by atoms with Gasteiger partial charge in [-0.15, -0.1) is 0 Å². The normalized spacial score (nSPS) is 12.5. The van der Waals surface area contributed by atoms with E-state index in [-0.39, 0.29) is 5.43 Å². The van der Waals surface area contributed by atoms with Crippen molar-refractivity contribution in [3.05, 3.63) is 62.8 Å². The lowest BCUT2D eigenvalue weighted by Crippen LogP contribution is -2.15. The van der Waals surface area contributed by atoms with Crippen LogP contribution in [-0.2, 0) is 13.0 Å². The van der Waals surface area contributed by atoms with Gasteiger partial charge in [-0.05, 0) is 60.7 Å². The van der Waals surface area contributed by atoms with Crippen molar-refractivity contribution in [2.24, 2.45) is 0 Å². The van der Waals surface area contributed by atoms with Crippen LogP contribution in [0.25, 0.3) is 22.2 Å². The highest BCUT2D eigenvalue weighted by molar-refractivity contribution is 5.88. The molecule has 0 radical (unpaired) electrons. The number of nitrogens with zero attached hydrogens (tertiary/aromatic N) is 1. The zero-order valence-electron chi connectivity index (χ0n) is 16.1. The monoisotopic (exact) mass is 347 g/mol. The molecule has 26 heavy (non-hydrogen) atoms. The number of methoxy groups -OCH3 is 1. The molecule has 0 amide bonds. The first-order valence-corrected chi connectivity index (χ1v) is 9.33. The second-order valence-corrected chi connectivity index (χ2v) is 7.49. The van der Waals surface area contributed by atoms with Crippen molar-refractivity contribution in [3.8, 4) is 17.0 Å². The molecule has 3 heteroatoms. The maximum Gasteiger partial charge on any atom is 0.193 e. The van der Waals surface area contributed by atoms with Crippen LogP contribution in [0.15, 0.2) is 35.1 Å². The Morgan fingerprint density at radius 2 is 1.96 bits per heavy atom. The van der Waals surface area contributed by atoms with Gasteiger partial charge in [0.2, 0.25) is 0 Å². The number of ether oxygens (including phenoxy) is 1. The third kappa shape index (κ3) is 2.30. The number of aromatic nitrogens is 1. The average molecular weight is 347 g/mol. The van der Waals surface area contributed by atoms with E-state index in [1.54, 1.807) is 7.11 Å². The van der Waals surface area contributed by atoms with Crippen LogP contribution in [0.3, 0.4) is 0 Å². The zero-order valence-corrected chi connectivity index (χ0v) is 16.1. The number of fused-ring (bicyclic) bond motifs is 4. The fourth-order valence-electron chi connectivity index (χ4n) is 4.19. The SMILES string of the molecule is CCn1c2c(c(=O)c3cc(C(C)C)ccc31)Cc1cc(OC)c(C)cc1-2. The van der Waals surface area contributed by atoms with Crippen LogP contribution in [-0.4, -0.2) is 11.7 Å². The van der Waals surface area contributed by atoms with E-state index in [4.69, 9.17) is 4.74 Å². The molecule has 0 aliphatic heterocycles. The van der Waals surface area contributed by atoms with E-state index < -0.39 is 0 Å². The first kappa shape index (κ1) is 16.9. The van der Waals surface area contributed by atoms with Gasteiger partial charge in [0.25, 0.3) is 0 Å². The topological polar surface area (TPSA) is 31.2 Å². The molecule has 1 heterocycles. The highest BCUT2D eigenvalue weighted by Crippen LogP contribution is 2.40. The molecule has 2 aromatic carbocycles. The van der Waals surface area contributed by atoms with Gasteiger partial charge >= 0.3 is 0 Å². The van der Waals surface area contributed by atoms with Crippen LogP contribution in [0.4, 0.5) is 0 Å². The van der Waals surface area contributed by atoms with E-state index in [1.807, 2.05) is 0 Å². The summed E-state index contributed by atoms with van der Waals surface area (Å²) in [7, 11) is 1.70. The Morgan fingerprint density at radius 1 is 1.19 bits per heavy atom. The van der Waals surface area contributed by atoms with Gasteiger partial charge in [-0.2, -0.15) is 0 Å². The first-order chi connectivity index (χ1) is 12.5. The zero-order chi connectivity index (χ0) is 18.6. The van der Waals surface area contributed by atoms with Gasteiger partial charge in [0.05, 0.1) is 18.3 Å². The Morgan fingerprint density at radius 3 is 2.62 bits per heavy atom. The molecule has 0 saturated carbocycles. The van der Waals surface area contributed by atoms with Crippen molar-refractivity contribution < 1.29 is 4.74 Å². The summed E-state index contributed by atoms with van der Waals surface area (Å²) in [5, 5.41) is 0.841. The molecular weight excluding hydrogens is 322 g/mol. The summed E-state index contributed by atoms with van der Waals surface area (Å²) < 4.78 is 7.79. The Hall–Kier alpha value is -2.55. The lowest BCUT2D eigenvalue weighted by Gasteiger charge is -2.17. The predicted molar refractivity (Wildman–Crippen MR) is 108 cm³/mol. The molecule has 1 aromatic heterocycles. The molecule has 0 unspecified atom stereocenters. The number of benzene rings is 2. The van der Waals surface area contributed by atoms with Crippen LogP contribution in [0.1, 0.15) is 48.9 Å². The summed E-state index contributed by atoms with van der Waals surface area (Å²) in [6.07, 6.45) is 0.683. The van der Waals surface area contributed by atoms with Crippen LogP contribution in [0, 0.1) is 6.92 Å². The van der Waals surface area contributed by atoms with E-state index in [9.17, 15) is 4.79 Å². The van der Waals surface area contributed by atoms with Crippen molar-refractivity contribution in [3.63, 3.8) is 0 Å². The van der Waals surface area contributed by atoms with E-state index in [2.05, 4.69) is 62.6 Å². The Kier molecular flexibility index (Phi) is 3.91. The maximum atomic E-state index is 13.3. The van der Waals surface area contributed by atoms with E-state index in [1.165, 1.54) is 16.7 Å². The summed E-state index contributed by atoms with van der Waals surface area (Å²) >= 11 is 0. The van der Waals surface area contributed by atoms with Crippen molar-refractivity contribution >= 4 is 10.9 Å². The number of aryl methyl sites for hydroxylation is 2. The largest absolute Gasteiger partial charge is 0.496 e. The van der Waals surface area contributed by atoms with Crippen molar-refractivity contribution in [1.82, 2.24) is 4.57 Å². The van der Waals surface area contributed by atoms with Crippen LogP contribution >= 0.6 is 0 Å². The minimum atomic E-state index is 0.176. The number of hydrogen-bond donors (Lipinski definition) is 0. The average Bonchev–Trinajstić information content (AvgIpc) is 2.99. The van der Waals surface area contributed by atoms with Gasteiger partial charge in [-0.1, -0.05) is 19.9 Å². The molecule has 134 valence electrons. The van der Waals surface area contributed by atoms with Gasteiger partial charge < -0.3 is 9.30 Å². The third-order valence-electron chi connectivity index (χ3n) is 5.61. The minimum absolute atomic E-state index is 0.176. The van der Waals surface area contributed by atoms with Gasteiger partial charge in [-0.25, -0.2) is 0 Å². The standard InChI is InChI=1S/C23H25NO2/c1-6-24-20-8-7-15(13(2)3)10-18(20)23(25)19-11-16-12-21(26-5)14(4)9-17(16)22(19)24/h7-10,12-13H,6,11H2,1-5H3. The fourth-order valence-corrected chi connectivity index (χ4v) is 4.19. The van der Waals surface area contributed by atoms with Crippen molar-refractivity contribution in [2.75, 3.05) is 7.11 Å². The van der Waals surface area contributed by atoms with Crippen LogP contribution < -0.4 is 10.2 Å². The first-order valence-electron chi connectivity index (χ1n) is 9.33. The quantitative estimate of drug-likeness (QED) is 0.520. The van der Waals surface area contributed by atoms with Gasteiger partial charge in [0.15, 0.2) is 5.43 Å². The van der Waals surface area contributed by atoms with E-state index >= 15 is 0 Å². The van der Waals surface area contributed by atoms with Crippen LogP contribution in [0.5, 0.6) is 5.75 Å². The van der Waals surface area contributed by atoms with Crippen LogP contribution in [0.2, 0.25) is 0 Å². The minimum Gasteiger partial charge on any atom is -0.496 e. The summed E-state index contributed by atoms with van der Waals surface area (Å²) in [6, 6.07) is 10.6. The molecule has 0 atom stereocenters. The molecule has 3 aromatic rings. The fraction of sp³-hybridized carbons (Fsp3) is 0.348. The molecule has 0 saturated heterocycles. The maximum absolute atomic E-state index is 13.3. The Balaban J connectivity index is 2.07. The molecular formula is C23H25NO2. The summed E-state index contributed by atoms with van der Waals surface area (Å²) in [6.45, 7) is 9.37. The predicted octanol–water partition coefficient (Wildman–Crippen LogP) is 5.03. The summed E-state index contributed by atoms with van der Waals surface area (Å²) in [5.41, 5.74) is 7.88. The van der Waals surface area contributed by atoms with Crippen molar-refractivity contribution in [1.29, 1.82) is 0 Å². The smallest absolute Gasteiger partial charge is 0.193 e. The molecule has 0 bridgehead atoms. The second kappa shape index (κ2) is 6.01. The lowest BCUT2D eigenvalue weighted by atomic mass is 9.99. The lowest BCUT2D eigenvalue weighted by molar-refractivity contribution is 0.411. The number of pyridine rings is 1. The Labute approximate surface area is 154 Å².